The van der Waals surface area contributed by atoms with E-state index < -0.39 is 0 Å². The Kier molecular flexibility index (Phi) is 7.01. The molecule has 188 valence electrons. The summed E-state index contributed by atoms with van der Waals surface area (Å²) >= 11 is 0. The van der Waals surface area contributed by atoms with Gasteiger partial charge in [-0.25, -0.2) is 4.57 Å². The predicted molar refractivity (Wildman–Crippen MR) is 154 cm³/mol. The van der Waals surface area contributed by atoms with Crippen molar-refractivity contribution in [3.05, 3.63) is 94.8 Å². The van der Waals surface area contributed by atoms with E-state index in [4.69, 9.17) is 0 Å². The van der Waals surface area contributed by atoms with Crippen molar-refractivity contribution < 1.29 is 4.57 Å². The van der Waals surface area contributed by atoms with Crippen molar-refractivity contribution in [2.75, 3.05) is 0 Å². The maximum absolute atomic E-state index is 2.47. The maximum atomic E-state index is 2.47. The van der Waals surface area contributed by atoms with Gasteiger partial charge < -0.3 is 0 Å². The predicted octanol–water partition coefficient (Wildman–Crippen LogP) is 9.03. The molecule has 0 saturated carbocycles. The van der Waals surface area contributed by atoms with E-state index in [2.05, 4.69) is 145 Å². The minimum absolute atomic E-state index is 0.0631. The van der Waals surface area contributed by atoms with Gasteiger partial charge >= 0.3 is 0 Å². The van der Waals surface area contributed by atoms with Crippen LogP contribution in [0.2, 0.25) is 0 Å². The minimum atomic E-state index is -0.0631. The lowest BCUT2D eigenvalue weighted by Gasteiger charge is -2.21. The summed E-state index contributed by atoms with van der Waals surface area (Å²) in [7, 11) is 0. The Morgan fingerprint density at radius 1 is 0.722 bits per heavy atom. The highest BCUT2D eigenvalue weighted by molar-refractivity contribution is 5.76. The molecule has 0 bridgehead atoms. The Labute approximate surface area is 218 Å². The van der Waals surface area contributed by atoms with Crippen LogP contribution in [0, 0.1) is 20.8 Å². The first-order chi connectivity index (χ1) is 16.9. The second kappa shape index (κ2) is 9.73. The molecule has 0 atom stereocenters. The Balaban J connectivity index is 2.10. The van der Waals surface area contributed by atoms with E-state index in [9.17, 15) is 0 Å². The lowest BCUT2D eigenvalue weighted by Crippen LogP contribution is -2.50. The number of hydrogen-bond donors (Lipinski definition) is 0. The smallest absolute Gasteiger partial charge is 0.225 e. The van der Waals surface area contributed by atoms with Crippen LogP contribution < -0.4 is 4.57 Å². The van der Waals surface area contributed by atoms with Gasteiger partial charge in [-0.3, -0.25) is 0 Å². The van der Waals surface area contributed by atoms with Crippen LogP contribution >= 0.6 is 0 Å². The lowest BCUT2D eigenvalue weighted by atomic mass is 9.91. The van der Waals surface area contributed by atoms with Gasteiger partial charge in [0.05, 0.1) is 5.56 Å². The van der Waals surface area contributed by atoms with Gasteiger partial charge in [0, 0.05) is 11.1 Å². The van der Waals surface area contributed by atoms with Crippen molar-refractivity contribution in [3.63, 3.8) is 0 Å². The average molecular weight is 480 g/mol. The fourth-order valence-corrected chi connectivity index (χ4v) is 5.45. The van der Waals surface area contributed by atoms with Gasteiger partial charge in [0.1, 0.15) is 23.6 Å². The van der Waals surface area contributed by atoms with Crippen LogP contribution in [0.25, 0.3) is 28.2 Å². The molecule has 2 nitrogen and oxygen atoms in total. The largest absolute Gasteiger partial charge is 0.294 e. The summed E-state index contributed by atoms with van der Waals surface area (Å²) in [6, 6.07) is 20.4. The molecule has 0 aliphatic heterocycles. The van der Waals surface area contributed by atoms with Crippen LogP contribution in [0.15, 0.2) is 67.0 Å². The van der Waals surface area contributed by atoms with Gasteiger partial charge in [-0.1, -0.05) is 76.2 Å². The topological polar surface area (TPSA) is 8.81 Å². The molecule has 0 saturated heterocycles. The van der Waals surface area contributed by atoms with Gasteiger partial charge in [-0.15, -0.1) is 0 Å². The quantitative estimate of drug-likeness (QED) is 0.252. The molecule has 1 aromatic heterocycles. The summed E-state index contributed by atoms with van der Waals surface area (Å²) in [6.45, 7) is 22.8. The van der Waals surface area contributed by atoms with Crippen molar-refractivity contribution in [1.82, 2.24) is 4.57 Å². The van der Waals surface area contributed by atoms with Crippen LogP contribution in [-0.4, -0.2) is 4.57 Å². The Morgan fingerprint density at radius 2 is 1.28 bits per heavy atom. The van der Waals surface area contributed by atoms with Gasteiger partial charge in [0.2, 0.25) is 0 Å². The fraction of sp³-hybridized carbons (Fsp3) is 0.382. The number of aryl methyl sites for hydroxylation is 3. The lowest BCUT2D eigenvalue weighted by molar-refractivity contribution is -0.743. The van der Waals surface area contributed by atoms with E-state index in [-0.39, 0.29) is 5.54 Å². The minimum Gasteiger partial charge on any atom is -0.225 e. The highest BCUT2D eigenvalue weighted by Gasteiger charge is 2.32. The van der Waals surface area contributed by atoms with Crippen molar-refractivity contribution in [2.24, 2.45) is 0 Å². The molecule has 0 radical (unpaired) electrons. The van der Waals surface area contributed by atoms with Crippen LogP contribution in [0.1, 0.15) is 88.1 Å². The van der Waals surface area contributed by atoms with Gasteiger partial charge in [-0.05, 0) is 87.3 Å². The molecule has 36 heavy (non-hydrogen) atoms. The first-order valence-electron chi connectivity index (χ1n) is 13.4. The number of rotatable bonds is 5. The first kappa shape index (κ1) is 25.9. The summed E-state index contributed by atoms with van der Waals surface area (Å²) in [4.78, 5) is 0. The summed E-state index contributed by atoms with van der Waals surface area (Å²) < 4.78 is 4.91. The van der Waals surface area contributed by atoms with E-state index in [1.165, 1.54) is 56.0 Å². The summed E-state index contributed by atoms with van der Waals surface area (Å²) in [5.41, 5.74) is 11.9. The maximum Gasteiger partial charge on any atom is 0.294 e. The fourth-order valence-electron chi connectivity index (χ4n) is 5.45. The number of benzene rings is 3. The third-order valence-electron chi connectivity index (χ3n) is 7.38. The molecule has 1 heterocycles. The molecule has 0 aliphatic carbocycles. The molecule has 4 rings (SSSR count). The highest BCUT2D eigenvalue weighted by Crippen LogP contribution is 2.37. The van der Waals surface area contributed by atoms with Crippen LogP contribution in [0.5, 0.6) is 0 Å². The third-order valence-corrected chi connectivity index (χ3v) is 7.38. The zero-order chi connectivity index (χ0) is 26.4. The molecule has 0 fully saturated rings. The standard InChI is InChI=1S/C34H43N2/c1-22(2)28-15-12-16-29(23(3)4)32(28)35-19-20-36(34(8,9)10)33(35)30-21-27(18-17-24(30)5)31-25(6)13-11-14-26(31)7/h11-23H,1-10H3/q+1. The summed E-state index contributed by atoms with van der Waals surface area (Å²) in [5, 5.41) is 0. The molecule has 3 aromatic carbocycles. The van der Waals surface area contributed by atoms with Crippen molar-refractivity contribution in [1.29, 1.82) is 0 Å². The highest BCUT2D eigenvalue weighted by atomic mass is 15.2. The number of hydrogen-bond acceptors (Lipinski definition) is 0. The Morgan fingerprint density at radius 3 is 1.81 bits per heavy atom. The summed E-state index contributed by atoms with van der Waals surface area (Å²) in [5.74, 6) is 2.10. The number of para-hydroxylation sites is 1. The van der Waals surface area contributed by atoms with Gasteiger partial charge in [-0.2, -0.15) is 4.57 Å². The monoisotopic (exact) mass is 479 g/mol. The molecule has 0 aliphatic rings. The number of imidazole rings is 1. The normalized spacial score (nSPS) is 12.1. The molecule has 2 heteroatoms. The van der Waals surface area contributed by atoms with E-state index in [1.807, 2.05) is 0 Å². The van der Waals surface area contributed by atoms with E-state index in [0.717, 1.165) is 0 Å². The van der Waals surface area contributed by atoms with E-state index in [1.54, 1.807) is 0 Å². The SMILES string of the molecule is Cc1ccc(-c2c(C)cccc2C)cc1-c1n(-c2c(C(C)C)cccc2C(C)C)cc[n+]1C(C)(C)C. The second-order valence-corrected chi connectivity index (χ2v) is 11.9. The van der Waals surface area contributed by atoms with Crippen molar-refractivity contribution >= 4 is 0 Å². The molecule has 0 amide bonds. The zero-order valence-corrected chi connectivity index (χ0v) is 23.9. The molecular formula is C34H43N2+. The van der Waals surface area contributed by atoms with Crippen molar-refractivity contribution in [2.45, 2.75) is 86.6 Å². The molecule has 4 aromatic rings. The van der Waals surface area contributed by atoms with Crippen LogP contribution in [0.4, 0.5) is 0 Å². The molecule has 0 unspecified atom stereocenters. The Bertz CT molecular complexity index is 1350. The average Bonchev–Trinajstić information content (AvgIpc) is 3.24. The second-order valence-electron chi connectivity index (χ2n) is 11.9. The molecule has 0 N–H and O–H groups in total. The zero-order valence-electron chi connectivity index (χ0n) is 23.9. The molecular weight excluding hydrogens is 436 g/mol. The third kappa shape index (κ3) is 4.66. The van der Waals surface area contributed by atoms with E-state index in [0.29, 0.717) is 11.8 Å². The summed E-state index contributed by atoms with van der Waals surface area (Å²) in [6.07, 6.45) is 4.54. The van der Waals surface area contributed by atoms with Gasteiger partial charge in [0.15, 0.2) is 0 Å². The molecule has 0 spiro atoms. The van der Waals surface area contributed by atoms with Gasteiger partial charge in [0.25, 0.3) is 5.82 Å². The van der Waals surface area contributed by atoms with E-state index >= 15 is 0 Å². The number of aromatic nitrogens is 2. The Hall–Kier alpha value is -3.13. The number of nitrogens with zero attached hydrogens (tertiary/aromatic N) is 2. The first-order valence-corrected chi connectivity index (χ1v) is 13.4. The van der Waals surface area contributed by atoms with Crippen LogP contribution in [0.3, 0.4) is 0 Å². The van der Waals surface area contributed by atoms with Crippen molar-refractivity contribution in [3.8, 4) is 28.2 Å². The van der Waals surface area contributed by atoms with Crippen LogP contribution in [-0.2, 0) is 5.54 Å².